The van der Waals surface area contributed by atoms with Gasteiger partial charge < -0.3 is 0 Å². The van der Waals surface area contributed by atoms with E-state index in [1.807, 2.05) is 0 Å². The number of aryl methyl sites for hydroxylation is 3. The maximum atomic E-state index is 2.47. The molecule has 0 aromatic heterocycles. The van der Waals surface area contributed by atoms with Crippen molar-refractivity contribution in [1.82, 2.24) is 0 Å². The first-order valence-corrected chi connectivity index (χ1v) is 12.3. The van der Waals surface area contributed by atoms with Crippen LogP contribution in [0.15, 0.2) is 91.0 Å². The number of rotatable bonds is 3. The van der Waals surface area contributed by atoms with Gasteiger partial charge in [0.1, 0.15) is 0 Å². The molecule has 1 fully saturated rings. The first kappa shape index (κ1) is 20.5. The molecule has 0 amide bonds. The average molecular weight is 426 g/mol. The highest BCUT2D eigenvalue weighted by molar-refractivity contribution is 6.97. The highest BCUT2D eigenvalue weighted by Gasteiger charge is 2.57. The van der Waals surface area contributed by atoms with E-state index in [1.165, 1.54) is 56.2 Å². The van der Waals surface area contributed by atoms with E-state index >= 15 is 0 Å². The lowest BCUT2D eigenvalue weighted by atomic mass is 9.31. The molecule has 1 aliphatic carbocycles. The van der Waals surface area contributed by atoms with Gasteiger partial charge in [0.15, 0.2) is 0 Å². The van der Waals surface area contributed by atoms with E-state index in [1.54, 1.807) is 0 Å². The van der Waals surface area contributed by atoms with E-state index in [4.69, 9.17) is 0 Å². The van der Waals surface area contributed by atoms with Crippen molar-refractivity contribution >= 4 is 23.1 Å². The Bertz CT molecular complexity index is 1280. The van der Waals surface area contributed by atoms with Gasteiger partial charge in [0.25, 0.3) is 0 Å². The molecular formula is C32H31B. The third-order valence-electron chi connectivity index (χ3n) is 8.45. The smallest absolute Gasteiger partial charge is 0.0667 e. The number of benzene rings is 4. The highest BCUT2D eigenvalue weighted by atomic mass is 14.6. The summed E-state index contributed by atoms with van der Waals surface area (Å²) in [6.45, 7) is 9.56. The molecule has 1 saturated carbocycles. The van der Waals surface area contributed by atoms with Crippen LogP contribution in [0.3, 0.4) is 0 Å². The quantitative estimate of drug-likeness (QED) is 0.377. The molecular weight excluding hydrogens is 395 g/mol. The summed E-state index contributed by atoms with van der Waals surface area (Å²) in [7, 11) is 0. The third-order valence-corrected chi connectivity index (χ3v) is 8.45. The van der Waals surface area contributed by atoms with Crippen LogP contribution in [0.5, 0.6) is 0 Å². The van der Waals surface area contributed by atoms with Crippen molar-refractivity contribution in [3.05, 3.63) is 124 Å². The molecule has 0 spiro atoms. The van der Waals surface area contributed by atoms with E-state index in [-0.39, 0.29) is 5.41 Å². The second-order valence-corrected chi connectivity index (χ2v) is 10.6. The van der Waals surface area contributed by atoms with Crippen LogP contribution in [-0.4, -0.2) is 6.71 Å². The van der Waals surface area contributed by atoms with Gasteiger partial charge in [-0.2, -0.15) is 0 Å². The minimum Gasteiger partial charge on any atom is -0.0667 e. The predicted octanol–water partition coefficient (Wildman–Crippen LogP) is 5.55. The molecule has 1 heteroatoms. The number of hydrogen-bond donors (Lipinski definition) is 0. The lowest BCUT2D eigenvalue weighted by molar-refractivity contribution is 0.597. The molecule has 2 atom stereocenters. The molecule has 162 valence electrons. The van der Waals surface area contributed by atoms with Gasteiger partial charge >= 0.3 is 0 Å². The normalized spacial score (nSPS) is 21.5. The van der Waals surface area contributed by atoms with Crippen LogP contribution in [0.1, 0.15) is 52.6 Å². The molecule has 0 radical (unpaired) electrons. The fraction of sp³-hybridized carbons (Fsp3) is 0.250. The summed E-state index contributed by atoms with van der Waals surface area (Å²) in [6, 6.07) is 34.4. The standard InChI is InChI=1S/C32H31B/c1-21-18-22(2)31(23(3)19-21)33-28-16-10-8-14-25(28)30(26-15-9-11-17-29(26)33)27-20-32(27,4)24-12-6-5-7-13-24/h5-19,27,30H,20H2,1-4H3/t27-,32+/m1/s1. The number of hydrogen-bond acceptors (Lipinski definition) is 0. The summed E-state index contributed by atoms with van der Waals surface area (Å²) in [5.74, 6) is 1.08. The van der Waals surface area contributed by atoms with Crippen LogP contribution in [0.2, 0.25) is 0 Å². The maximum Gasteiger partial charge on any atom is 0.242 e. The Labute approximate surface area is 198 Å². The highest BCUT2D eigenvalue weighted by Crippen LogP contribution is 2.61. The Morgan fingerprint density at radius 3 is 1.79 bits per heavy atom. The van der Waals surface area contributed by atoms with Gasteiger partial charge in [-0.3, -0.25) is 0 Å². The molecule has 4 aromatic carbocycles. The van der Waals surface area contributed by atoms with Gasteiger partial charge in [-0.05, 0) is 55.2 Å². The Morgan fingerprint density at radius 1 is 0.697 bits per heavy atom. The van der Waals surface area contributed by atoms with Crippen LogP contribution >= 0.6 is 0 Å². The van der Waals surface area contributed by atoms with Crippen LogP contribution in [0.25, 0.3) is 0 Å². The molecule has 33 heavy (non-hydrogen) atoms. The van der Waals surface area contributed by atoms with Gasteiger partial charge in [-0.15, -0.1) is 0 Å². The molecule has 1 aliphatic heterocycles. The molecule has 0 saturated heterocycles. The monoisotopic (exact) mass is 426 g/mol. The summed E-state index contributed by atoms with van der Waals surface area (Å²) in [5.41, 5.74) is 13.4. The zero-order chi connectivity index (χ0) is 22.7. The van der Waals surface area contributed by atoms with Crippen LogP contribution in [-0.2, 0) is 5.41 Å². The van der Waals surface area contributed by atoms with Crippen molar-refractivity contribution in [2.45, 2.75) is 45.4 Å². The number of fused-ring (bicyclic) bond motifs is 2. The van der Waals surface area contributed by atoms with Crippen molar-refractivity contribution in [3.8, 4) is 0 Å². The topological polar surface area (TPSA) is 0 Å². The average Bonchev–Trinajstić information content (AvgIpc) is 3.50. The van der Waals surface area contributed by atoms with Crippen molar-refractivity contribution in [2.75, 3.05) is 0 Å². The van der Waals surface area contributed by atoms with Crippen molar-refractivity contribution in [2.24, 2.45) is 5.92 Å². The Kier molecular flexibility index (Phi) is 4.66. The molecule has 0 nitrogen and oxygen atoms in total. The van der Waals surface area contributed by atoms with Gasteiger partial charge in [0.2, 0.25) is 6.71 Å². The van der Waals surface area contributed by atoms with E-state index in [2.05, 4.69) is 119 Å². The van der Waals surface area contributed by atoms with Gasteiger partial charge in [0, 0.05) is 5.92 Å². The van der Waals surface area contributed by atoms with Crippen molar-refractivity contribution < 1.29 is 0 Å². The fourth-order valence-corrected chi connectivity index (χ4v) is 6.87. The zero-order valence-corrected chi connectivity index (χ0v) is 20.1. The molecule has 4 aromatic rings. The summed E-state index contributed by atoms with van der Waals surface area (Å²) in [4.78, 5) is 0. The molecule has 0 bridgehead atoms. The summed E-state index contributed by atoms with van der Waals surface area (Å²) in [5, 5.41) is 0. The summed E-state index contributed by atoms with van der Waals surface area (Å²) >= 11 is 0. The predicted molar refractivity (Wildman–Crippen MR) is 142 cm³/mol. The van der Waals surface area contributed by atoms with E-state index < -0.39 is 0 Å². The van der Waals surface area contributed by atoms with Crippen LogP contribution in [0.4, 0.5) is 0 Å². The van der Waals surface area contributed by atoms with Gasteiger partial charge in [-0.25, -0.2) is 0 Å². The fourth-order valence-electron chi connectivity index (χ4n) is 6.87. The second kappa shape index (κ2) is 7.49. The van der Waals surface area contributed by atoms with Crippen LogP contribution in [0, 0.1) is 26.7 Å². The Balaban J connectivity index is 1.55. The van der Waals surface area contributed by atoms with E-state index in [0.29, 0.717) is 18.5 Å². The summed E-state index contributed by atoms with van der Waals surface area (Å²) in [6.07, 6.45) is 1.25. The maximum absolute atomic E-state index is 2.47. The first-order valence-electron chi connectivity index (χ1n) is 12.3. The second-order valence-electron chi connectivity index (χ2n) is 10.6. The van der Waals surface area contributed by atoms with Crippen molar-refractivity contribution in [3.63, 3.8) is 0 Å². The van der Waals surface area contributed by atoms with Gasteiger partial charge in [-0.1, -0.05) is 131 Å². The molecule has 6 rings (SSSR count). The molecule has 0 N–H and O–H groups in total. The van der Waals surface area contributed by atoms with Crippen LogP contribution < -0.4 is 16.4 Å². The molecule has 1 heterocycles. The SMILES string of the molecule is Cc1cc(C)c(B2c3ccccc3C([C@H]3C[C@@]3(C)c3ccccc3)c3ccccc32)c(C)c1. The molecule has 2 aliphatic rings. The Morgan fingerprint density at radius 2 is 1.21 bits per heavy atom. The molecule has 0 unspecified atom stereocenters. The van der Waals surface area contributed by atoms with E-state index in [9.17, 15) is 0 Å². The minimum absolute atomic E-state index is 0.245. The van der Waals surface area contributed by atoms with Crippen molar-refractivity contribution in [1.29, 1.82) is 0 Å². The minimum atomic E-state index is 0.245. The first-order chi connectivity index (χ1) is 16.0. The lowest BCUT2D eigenvalue weighted by Gasteiger charge is -2.35. The Hall–Kier alpha value is -3.06. The third kappa shape index (κ3) is 3.13. The van der Waals surface area contributed by atoms with Gasteiger partial charge in [0.05, 0.1) is 0 Å². The summed E-state index contributed by atoms with van der Waals surface area (Å²) < 4.78 is 0. The zero-order valence-electron chi connectivity index (χ0n) is 20.1. The lowest BCUT2D eigenvalue weighted by Crippen LogP contribution is -2.59. The largest absolute Gasteiger partial charge is 0.242 e. The van der Waals surface area contributed by atoms with E-state index in [0.717, 1.165) is 0 Å².